The molecule has 25 heavy (non-hydrogen) atoms. The van der Waals surface area contributed by atoms with Crippen LogP contribution in [-0.2, 0) is 16.1 Å². The van der Waals surface area contributed by atoms with Gasteiger partial charge in [0.1, 0.15) is 12.7 Å². The van der Waals surface area contributed by atoms with Crippen molar-refractivity contribution in [1.82, 2.24) is 5.32 Å². The number of benzene rings is 2. The average molecular weight is 341 g/mol. The minimum Gasteiger partial charge on any atom is -0.486 e. The molecule has 1 unspecified atom stereocenters. The van der Waals surface area contributed by atoms with Crippen molar-refractivity contribution in [2.75, 3.05) is 19.8 Å². The van der Waals surface area contributed by atoms with E-state index in [1.165, 1.54) is 0 Å². The van der Waals surface area contributed by atoms with Crippen molar-refractivity contribution in [3.8, 4) is 11.5 Å². The summed E-state index contributed by atoms with van der Waals surface area (Å²) in [5.41, 5.74) is 1.14. The predicted molar refractivity (Wildman–Crippen MR) is 94.7 cm³/mol. The molecule has 5 nitrogen and oxygen atoms in total. The summed E-state index contributed by atoms with van der Waals surface area (Å²) >= 11 is 0. The summed E-state index contributed by atoms with van der Waals surface area (Å²) in [5.74, 6) is 1.48. The molecule has 0 saturated heterocycles. The van der Waals surface area contributed by atoms with Crippen molar-refractivity contribution >= 4 is 5.91 Å². The second kappa shape index (κ2) is 9.08. The minimum absolute atomic E-state index is 0.00534. The van der Waals surface area contributed by atoms with Gasteiger partial charge in [-0.3, -0.25) is 4.79 Å². The van der Waals surface area contributed by atoms with Gasteiger partial charge >= 0.3 is 0 Å². The molecule has 2 aromatic rings. The fourth-order valence-electron chi connectivity index (χ4n) is 2.58. The van der Waals surface area contributed by atoms with E-state index < -0.39 is 0 Å². The number of carbonyl (C=O) groups excluding carboxylic acids is 1. The zero-order valence-corrected chi connectivity index (χ0v) is 14.1. The standard InChI is InChI=1S/C20H23NO4/c22-20(11-6-12-23-14-16-7-2-1-3-8-16)21-13-17-15-24-18-9-4-5-10-19(18)25-17/h1-5,7-10,17H,6,11-15H2,(H,21,22). The van der Waals surface area contributed by atoms with Crippen molar-refractivity contribution in [3.05, 3.63) is 60.2 Å². The average Bonchev–Trinajstić information content (AvgIpc) is 2.67. The van der Waals surface area contributed by atoms with Gasteiger partial charge in [-0.15, -0.1) is 0 Å². The number of nitrogens with one attached hydrogen (secondary N) is 1. The Morgan fingerprint density at radius 2 is 1.84 bits per heavy atom. The summed E-state index contributed by atoms with van der Waals surface area (Å²) in [4.78, 5) is 11.9. The van der Waals surface area contributed by atoms with Gasteiger partial charge < -0.3 is 19.5 Å². The summed E-state index contributed by atoms with van der Waals surface area (Å²) in [6, 6.07) is 17.6. The summed E-state index contributed by atoms with van der Waals surface area (Å²) in [6.45, 7) is 2.03. The Balaban J connectivity index is 1.27. The highest BCUT2D eigenvalue weighted by Gasteiger charge is 2.20. The molecule has 0 saturated carbocycles. The Morgan fingerprint density at radius 3 is 2.68 bits per heavy atom. The monoisotopic (exact) mass is 341 g/mol. The van der Waals surface area contributed by atoms with Gasteiger partial charge in [0.2, 0.25) is 5.91 Å². The van der Waals surface area contributed by atoms with Crippen molar-refractivity contribution in [3.63, 3.8) is 0 Å². The number of hydrogen-bond donors (Lipinski definition) is 1. The first-order valence-corrected chi connectivity index (χ1v) is 8.58. The molecular formula is C20H23NO4. The van der Waals surface area contributed by atoms with Crippen LogP contribution in [0.4, 0.5) is 0 Å². The first-order chi connectivity index (χ1) is 12.3. The van der Waals surface area contributed by atoms with E-state index >= 15 is 0 Å². The number of para-hydroxylation sites is 2. The van der Waals surface area contributed by atoms with Crippen molar-refractivity contribution in [2.45, 2.75) is 25.6 Å². The van der Waals surface area contributed by atoms with E-state index in [4.69, 9.17) is 14.2 Å². The maximum atomic E-state index is 11.9. The van der Waals surface area contributed by atoms with Crippen LogP contribution in [0.25, 0.3) is 0 Å². The van der Waals surface area contributed by atoms with Crippen LogP contribution in [0.5, 0.6) is 11.5 Å². The summed E-state index contributed by atoms with van der Waals surface area (Å²) in [7, 11) is 0. The zero-order chi connectivity index (χ0) is 17.3. The zero-order valence-electron chi connectivity index (χ0n) is 14.1. The molecule has 132 valence electrons. The van der Waals surface area contributed by atoms with E-state index in [-0.39, 0.29) is 12.0 Å². The van der Waals surface area contributed by atoms with Gasteiger partial charge in [0.15, 0.2) is 11.5 Å². The van der Waals surface area contributed by atoms with Crippen molar-refractivity contribution in [1.29, 1.82) is 0 Å². The molecule has 1 heterocycles. The van der Waals surface area contributed by atoms with E-state index in [1.54, 1.807) is 0 Å². The summed E-state index contributed by atoms with van der Waals surface area (Å²) < 4.78 is 17.0. The maximum Gasteiger partial charge on any atom is 0.220 e. The van der Waals surface area contributed by atoms with Crippen LogP contribution >= 0.6 is 0 Å². The lowest BCUT2D eigenvalue weighted by atomic mass is 10.2. The van der Waals surface area contributed by atoms with Crippen LogP contribution in [0.3, 0.4) is 0 Å². The van der Waals surface area contributed by atoms with Gasteiger partial charge in [0.25, 0.3) is 0 Å². The fraction of sp³-hybridized carbons (Fsp3) is 0.350. The molecule has 2 aromatic carbocycles. The third-order valence-electron chi connectivity index (χ3n) is 3.90. The number of carbonyl (C=O) groups is 1. The molecule has 0 radical (unpaired) electrons. The molecule has 1 aliphatic rings. The highest BCUT2D eigenvalue weighted by Crippen LogP contribution is 2.30. The summed E-state index contributed by atoms with van der Waals surface area (Å²) in [5, 5.41) is 2.89. The van der Waals surface area contributed by atoms with Crippen LogP contribution in [0.2, 0.25) is 0 Å². The number of hydrogen-bond acceptors (Lipinski definition) is 4. The van der Waals surface area contributed by atoms with Gasteiger partial charge in [-0.25, -0.2) is 0 Å². The summed E-state index contributed by atoms with van der Waals surface area (Å²) in [6.07, 6.45) is 0.982. The lowest BCUT2D eigenvalue weighted by Gasteiger charge is -2.26. The highest BCUT2D eigenvalue weighted by atomic mass is 16.6. The Labute approximate surface area is 147 Å². The van der Waals surface area contributed by atoms with E-state index in [2.05, 4.69) is 5.32 Å². The largest absolute Gasteiger partial charge is 0.486 e. The molecule has 1 aliphatic heterocycles. The van der Waals surface area contributed by atoms with Crippen LogP contribution in [0.1, 0.15) is 18.4 Å². The van der Waals surface area contributed by atoms with Gasteiger partial charge in [-0.1, -0.05) is 42.5 Å². The Morgan fingerprint density at radius 1 is 1.08 bits per heavy atom. The van der Waals surface area contributed by atoms with E-state index in [9.17, 15) is 4.79 Å². The normalized spacial score (nSPS) is 15.6. The molecule has 1 atom stereocenters. The number of amides is 1. The molecule has 0 spiro atoms. The van der Waals surface area contributed by atoms with Crippen molar-refractivity contribution < 1.29 is 19.0 Å². The predicted octanol–water partition coefficient (Wildman–Crippen LogP) is 2.94. The van der Waals surface area contributed by atoms with Crippen LogP contribution in [0.15, 0.2) is 54.6 Å². The molecule has 0 bridgehead atoms. The minimum atomic E-state index is -0.159. The molecule has 1 N–H and O–H groups in total. The van der Waals surface area contributed by atoms with Gasteiger partial charge in [-0.05, 0) is 24.1 Å². The molecule has 3 rings (SSSR count). The molecular weight excluding hydrogens is 318 g/mol. The second-order valence-corrected chi connectivity index (χ2v) is 5.94. The third kappa shape index (κ3) is 5.50. The molecule has 5 heteroatoms. The van der Waals surface area contributed by atoms with E-state index in [0.717, 1.165) is 17.1 Å². The second-order valence-electron chi connectivity index (χ2n) is 5.94. The van der Waals surface area contributed by atoms with Gasteiger partial charge in [0.05, 0.1) is 13.2 Å². The Kier molecular flexibility index (Phi) is 6.29. The number of rotatable bonds is 8. The number of fused-ring (bicyclic) bond motifs is 1. The smallest absolute Gasteiger partial charge is 0.220 e. The SMILES string of the molecule is O=C(CCCOCc1ccccc1)NCC1COc2ccccc2O1. The van der Waals surface area contributed by atoms with E-state index in [0.29, 0.717) is 39.2 Å². The lowest BCUT2D eigenvalue weighted by molar-refractivity contribution is -0.122. The quantitative estimate of drug-likeness (QED) is 0.750. The topological polar surface area (TPSA) is 56.8 Å². The highest BCUT2D eigenvalue weighted by molar-refractivity contribution is 5.75. The Bertz CT molecular complexity index is 674. The van der Waals surface area contributed by atoms with Gasteiger partial charge in [0, 0.05) is 13.0 Å². The first-order valence-electron chi connectivity index (χ1n) is 8.58. The van der Waals surface area contributed by atoms with E-state index in [1.807, 2.05) is 54.6 Å². The van der Waals surface area contributed by atoms with Crippen LogP contribution < -0.4 is 14.8 Å². The molecule has 0 aliphatic carbocycles. The third-order valence-corrected chi connectivity index (χ3v) is 3.90. The van der Waals surface area contributed by atoms with Crippen LogP contribution in [-0.4, -0.2) is 31.8 Å². The molecule has 0 fully saturated rings. The maximum absolute atomic E-state index is 11.9. The molecule has 1 amide bonds. The Hall–Kier alpha value is -2.53. The lowest BCUT2D eigenvalue weighted by Crippen LogP contribution is -2.40. The molecule has 0 aromatic heterocycles. The first kappa shape index (κ1) is 17.3. The fourth-order valence-corrected chi connectivity index (χ4v) is 2.58. The van der Waals surface area contributed by atoms with Crippen molar-refractivity contribution in [2.24, 2.45) is 0 Å². The number of ether oxygens (including phenoxy) is 3. The van der Waals surface area contributed by atoms with Crippen LogP contribution in [0, 0.1) is 0 Å². The van der Waals surface area contributed by atoms with Gasteiger partial charge in [-0.2, -0.15) is 0 Å².